The molecule has 0 spiro atoms. The van der Waals surface area contributed by atoms with Crippen molar-refractivity contribution >= 4 is 38.6 Å². The average molecular weight is 483 g/mol. The van der Waals surface area contributed by atoms with Crippen LogP contribution in [0.1, 0.15) is 10.4 Å². The van der Waals surface area contributed by atoms with E-state index in [2.05, 4.69) is 26.2 Å². The summed E-state index contributed by atoms with van der Waals surface area (Å²) in [5, 5.41) is 2.10. The molecule has 1 aromatic heterocycles. The van der Waals surface area contributed by atoms with Gasteiger partial charge in [0, 0.05) is 15.7 Å². The van der Waals surface area contributed by atoms with Gasteiger partial charge in [-0.05, 0) is 36.4 Å². The molecule has 0 saturated carbocycles. The first kappa shape index (κ1) is 20.0. The number of rotatable bonds is 3. The van der Waals surface area contributed by atoms with E-state index in [-0.39, 0.29) is 11.6 Å². The van der Waals surface area contributed by atoms with E-state index in [4.69, 9.17) is 4.42 Å². The molecule has 4 rings (SSSR count). The highest BCUT2D eigenvalue weighted by molar-refractivity contribution is 9.10. The molecule has 0 radical (unpaired) electrons. The third-order valence-corrected chi connectivity index (χ3v) is 4.65. The SMILES string of the molecule is O=C(Nc1ccc2oc(-c3cccc(Br)c3)nc2c1)c1c(F)c(F)c(F)c(F)c1F. The molecule has 3 aromatic carbocycles. The summed E-state index contributed by atoms with van der Waals surface area (Å²) in [5.74, 6) is -12.4. The fourth-order valence-corrected chi connectivity index (χ4v) is 3.15. The van der Waals surface area contributed by atoms with Gasteiger partial charge in [0.25, 0.3) is 5.91 Å². The van der Waals surface area contributed by atoms with E-state index in [1.807, 2.05) is 6.07 Å². The summed E-state index contributed by atoms with van der Waals surface area (Å²) in [6, 6.07) is 11.3. The molecule has 0 atom stereocenters. The van der Waals surface area contributed by atoms with Crippen molar-refractivity contribution in [2.75, 3.05) is 5.32 Å². The highest BCUT2D eigenvalue weighted by atomic mass is 79.9. The van der Waals surface area contributed by atoms with Crippen LogP contribution in [-0.2, 0) is 0 Å². The number of anilines is 1. The van der Waals surface area contributed by atoms with E-state index >= 15 is 0 Å². The second-order valence-electron chi connectivity index (χ2n) is 6.11. The van der Waals surface area contributed by atoms with Gasteiger partial charge in [0.05, 0.1) is 0 Å². The number of hydrogen-bond acceptors (Lipinski definition) is 3. The molecule has 10 heteroatoms. The quantitative estimate of drug-likeness (QED) is 0.214. The fraction of sp³-hybridized carbons (Fsp3) is 0. The van der Waals surface area contributed by atoms with Crippen LogP contribution < -0.4 is 5.32 Å². The number of oxazole rings is 1. The smallest absolute Gasteiger partial charge is 0.261 e. The van der Waals surface area contributed by atoms with Crippen LogP contribution in [0.4, 0.5) is 27.6 Å². The Balaban J connectivity index is 1.67. The molecule has 4 nitrogen and oxygen atoms in total. The summed E-state index contributed by atoms with van der Waals surface area (Å²) in [6.07, 6.45) is 0. The first-order valence-corrected chi connectivity index (χ1v) is 9.05. The lowest BCUT2D eigenvalue weighted by Crippen LogP contribution is -2.19. The minimum atomic E-state index is -2.34. The van der Waals surface area contributed by atoms with E-state index in [1.54, 1.807) is 18.2 Å². The molecule has 1 N–H and O–H groups in total. The predicted octanol–water partition coefficient (Wildman–Crippen LogP) is 6.21. The van der Waals surface area contributed by atoms with Crippen molar-refractivity contribution in [1.29, 1.82) is 0 Å². The Morgan fingerprint density at radius 1 is 0.900 bits per heavy atom. The first-order chi connectivity index (χ1) is 14.3. The Morgan fingerprint density at radius 3 is 2.23 bits per heavy atom. The third-order valence-electron chi connectivity index (χ3n) is 4.15. The van der Waals surface area contributed by atoms with Crippen molar-refractivity contribution in [2.45, 2.75) is 0 Å². The van der Waals surface area contributed by atoms with Crippen molar-refractivity contribution in [1.82, 2.24) is 4.98 Å². The number of amides is 1. The number of hydrogen-bond donors (Lipinski definition) is 1. The number of carbonyl (C=O) groups is 1. The Bertz CT molecular complexity index is 1290. The van der Waals surface area contributed by atoms with Crippen molar-refractivity contribution in [3.05, 3.63) is 81.6 Å². The lowest BCUT2D eigenvalue weighted by Gasteiger charge is -2.09. The van der Waals surface area contributed by atoms with Gasteiger partial charge >= 0.3 is 0 Å². The van der Waals surface area contributed by atoms with Gasteiger partial charge in [0.2, 0.25) is 11.7 Å². The van der Waals surface area contributed by atoms with E-state index in [9.17, 15) is 26.7 Å². The van der Waals surface area contributed by atoms with Gasteiger partial charge in [-0.2, -0.15) is 0 Å². The molecular weight excluding hydrogens is 475 g/mol. The number of benzene rings is 3. The summed E-state index contributed by atoms with van der Waals surface area (Å²) < 4.78 is 73.9. The Kier molecular flexibility index (Phi) is 5.02. The number of halogens is 6. The van der Waals surface area contributed by atoms with Crippen molar-refractivity contribution < 1.29 is 31.2 Å². The standard InChI is InChI=1S/C20H8BrF5N2O2/c21-9-3-1-2-8(6-9)20-28-11-7-10(4-5-12(11)30-20)27-19(29)13-14(22)16(24)18(26)17(25)15(13)23/h1-7H,(H,27,29). The number of fused-ring (bicyclic) bond motifs is 1. The van der Waals surface area contributed by atoms with E-state index in [1.165, 1.54) is 18.2 Å². The van der Waals surface area contributed by atoms with Gasteiger partial charge in [-0.1, -0.05) is 22.0 Å². The predicted molar refractivity (Wildman–Crippen MR) is 101 cm³/mol. The van der Waals surface area contributed by atoms with Crippen LogP contribution in [0.5, 0.6) is 0 Å². The van der Waals surface area contributed by atoms with Crippen LogP contribution in [0.15, 0.2) is 51.4 Å². The van der Waals surface area contributed by atoms with Gasteiger partial charge in [-0.25, -0.2) is 26.9 Å². The zero-order chi connectivity index (χ0) is 21.6. The molecule has 0 bridgehead atoms. The number of carbonyl (C=O) groups excluding carboxylic acids is 1. The molecule has 0 unspecified atom stereocenters. The minimum Gasteiger partial charge on any atom is -0.436 e. The minimum absolute atomic E-state index is 0.0190. The van der Waals surface area contributed by atoms with Gasteiger partial charge in [0.1, 0.15) is 11.1 Å². The van der Waals surface area contributed by atoms with Crippen molar-refractivity contribution in [2.24, 2.45) is 0 Å². The van der Waals surface area contributed by atoms with Crippen LogP contribution in [0, 0.1) is 29.1 Å². The van der Waals surface area contributed by atoms with Crippen molar-refractivity contribution in [3.8, 4) is 11.5 Å². The molecule has 0 aliphatic rings. The molecular formula is C20H8BrF5N2O2. The Hall–Kier alpha value is -3.27. The maximum absolute atomic E-state index is 13.8. The zero-order valence-electron chi connectivity index (χ0n) is 14.6. The molecule has 0 fully saturated rings. The van der Waals surface area contributed by atoms with E-state index in [0.29, 0.717) is 16.7 Å². The molecule has 30 heavy (non-hydrogen) atoms. The summed E-state index contributed by atoms with van der Waals surface area (Å²) >= 11 is 3.34. The summed E-state index contributed by atoms with van der Waals surface area (Å²) in [5.41, 5.74) is -0.223. The second kappa shape index (κ2) is 7.52. The Labute approximate surface area is 173 Å². The first-order valence-electron chi connectivity index (χ1n) is 8.25. The van der Waals surface area contributed by atoms with Crippen LogP contribution in [0.2, 0.25) is 0 Å². The summed E-state index contributed by atoms with van der Waals surface area (Å²) in [6.45, 7) is 0. The van der Waals surface area contributed by atoms with E-state index in [0.717, 1.165) is 4.47 Å². The highest BCUT2D eigenvalue weighted by Crippen LogP contribution is 2.29. The topological polar surface area (TPSA) is 55.1 Å². The highest BCUT2D eigenvalue weighted by Gasteiger charge is 2.29. The number of nitrogens with one attached hydrogen (secondary N) is 1. The summed E-state index contributed by atoms with van der Waals surface area (Å²) in [7, 11) is 0. The number of aromatic nitrogens is 1. The van der Waals surface area contributed by atoms with Gasteiger partial charge in [0.15, 0.2) is 28.9 Å². The molecule has 0 aliphatic carbocycles. The fourth-order valence-electron chi connectivity index (χ4n) is 2.75. The monoisotopic (exact) mass is 482 g/mol. The average Bonchev–Trinajstić information content (AvgIpc) is 3.14. The maximum Gasteiger partial charge on any atom is 0.261 e. The van der Waals surface area contributed by atoms with Crippen molar-refractivity contribution in [3.63, 3.8) is 0 Å². The second-order valence-corrected chi connectivity index (χ2v) is 7.03. The molecule has 4 aromatic rings. The molecule has 152 valence electrons. The largest absolute Gasteiger partial charge is 0.436 e. The van der Waals surface area contributed by atoms with Gasteiger partial charge in [-0.15, -0.1) is 0 Å². The van der Waals surface area contributed by atoms with E-state index < -0.39 is 40.6 Å². The lowest BCUT2D eigenvalue weighted by atomic mass is 10.1. The van der Waals surface area contributed by atoms with Crippen LogP contribution >= 0.6 is 15.9 Å². The van der Waals surface area contributed by atoms with Crippen LogP contribution in [0.3, 0.4) is 0 Å². The lowest BCUT2D eigenvalue weighted by molar-refractivity contribution is 0.101. The molecule has 0 aliphatic heterocycles. The molecule has 1 heterocycles. The molecule has 1 amide bonds. The third kappa shape index (κ3) is 3.43. The zero-order valence-corrected chi connectivity index (χ0v) is 16.2. The maximum atomic E-state index is 13.8. The van der Waals surface area contributed by atoms with Crippen LogP contribution in [-0.4, -0.2) is 10.9 Å². The molecule has 0 saturated heterocycles. The summed E-state index contributed by atoms with van der Waals surface area (Å²) in [4.78, 5) is 16.5. The van der Waals surface area contributed by atoms with Gasteiger partial charge < -0.3 is 9.73 Å². The normalized spacial score (nSPS) is 11.1. The van der Waals surface area contributed by atoms with Crippen LogP contribution in [0.25, 0.3) is 22.6 Å². The van der Waals surface area contributed by atoms with Gasteiger partial charge in [-0.3, -0.25) is 4.79 Å². The Morgan fingerprint density at radius 2 is 1.57 bits per heavy atom. The number of nitrogens with zero attached hydrogens (tertiary/aromatic N) is 1.